The molecule has 3 amide bonds. The average molecular weight is 329 g/mol. The van der Waals surface area contributed by atoms with E-state index in [1.54, 1.807) is 31.2 Å². The molecule has 1 N–H and O–H groups in total. The molecule has 0 spiro atoms. The van der Waals surface area contributed by atoms with Crippen LogP contribution in [0.4, 0.5) is 4.79 Å². The molecule has 1 heterocycles. The Labute approximate surface area is 142 Å². The number of nitrogens with one attached hydrogen (secondary N) is 1. The van der Waals surface area contributed by atoms with Gasteiger partial charge in [0.05, 0.1) is 18.2 Å². The Bertz CT molecular complexity index is 648. The Morgan fingerprint density at radius 1 is 1.29 bits per heavy atom. The number of nitriles is 1. The lowest BCUT2D eigenvalue weighted by atomic mass is 9.92. The minimum atomic E-state index is -0.824. The molecule has 0 saturated carbocycles. The molecule has 1 aliphatic rings. The number of hydrogen-bond donors (Lipinski definition) is 1. The van der Waals surface area contributed by atoms with Crippen LogP contribution in [0.5, 0.6) is 5.75 Å². The average Bonchev–Trinajstić information content (AvgIpc) is 2.77. The monoisotopic (exact) mass is 329 g/mol. The van der Waals surface area contributed by atoms with Gasteiger partial charge in [0, 0.05) is 0 Å². The van der Waals surface area contributed by atoms with E-state index in [1.165, 1.54) is 4.90 Å². The first-order chi connectivity index (χ1) is 11.4. The fourth-order valence-electron chi connectivity index (χ4n) is 2.58. The number of carbonyl (C=O) groups excluding carboxylic acids is 2. The summed E-state index contributed by atoms with van der Waals surface area (Å²) in [6.07, 6.45) is 1.50. The second-order valence-electron chi connectivity index (χ2n) is 6.64. The molecule has 1 saturated heterocycles. The number of amides is 3. The van der Waals surface area contributed by atoms with Gasteiger partial charge < -0.3 is 10.1 Å². The molecule has 1 aromatic carbocycles. The fourth-order valence-corrected chi connectivity index (χ4v) is 2.58. The van der Waals surface area contributed by atoms with E-state index in [-0.39, 0.29) is 25.1 Å². The van der Waals surface area contributed by atoms with Crippen LogP contribution in [0.1, 0.15) is 39.2 Å². The summed E-state index contributed by atoms with van der Waals surface area (Å²) in [4.78, 5) is 25.8. The minimum absolute atomic E-state index is 0.196. The van der Waals surface area contributed by atoms with Crippen LogP contribution in [0, 0.1) is 17.2 Å². The van der Waals surface area contributed by atoms with Crippen molar-refractivity contribution in [3.8, 4) is 11.8 Å². The molecule has 0 aromatic heterocycles. The van der Waals surface area contributed by atoms with Crippen LogP contribution in [-0.4, -0.2) is 35.5 Å². The number of rotatable bonds is 7. The van der Waals surface area contributed by atoms with Gasteiger partial charge in [0.25, 0.3) is 5.91 Å². The number of nitrogens with zero attached hydrogens (tertiary/aromatic N) is 2. The summed E-state index contributed by atoms with van der Waals surface area (Å²) in [6.45, 7) is 6.37. The second kappa shape index (κ2) is 7.35. The van der Waals surface area contributed by atoms with Gasteiger partial charge in [0.2, 0.25) is 0 Å². The number of urea groups is 1. The van der Waals surface area contributed by atoms with Crippen molar-refractivity contribution in [1.29, 1.82) is 5.26 Å². The molecule has 24 heavy (non-hydrogen) atoms. The Hall–Kier alpha value is -2.55. The smallest absolute Gasteiger partial charge is 0.325 e. The predicted octanol–water partition coefficient (Wildman–Crippen LogP) is 2.68. The lowest BCUT2D eigenvalue weighted by molar-refractivity contribution is -0.131. The van der Waals surface area contributed by atoms with Gasteiger partial charge >= 0.3 is 6.03 Å². The van der Waals surface area contributed by atoms with E-state index in [9.17, 15) is 9.59 Å². The molecule has 1 fully saturated rings. The summed E-state index contributed by atoms with van der Waals surface area (Å²) < 4.78 is 5.55. The molecule has 6 nitrogen and oxygen atoms in total. The van der Waals surface area contributed by atoms with Crippen molar-refractivity contribution < 1.29 is 14.3 Å². The van der Waals surface area contributed by atoms with Crippen molar-refractivity contribution in [2.45, 2.75) is 39.2 Å². The van der Waals surface area contributed by atoms with Crippen LogP contribution in [0.3, 0.4) is 0 Å². The minimum Gasteiger partial charge on any atom is -0.492 e. The van der Waals surface area contributed by atoms with Gasteiger partial charge in [-0.15, -0.1) is 0 Å². The van der Waals surface area contributed by atoms with Gasteiger partial charge in [-0.2, -0.15) is 5.26 Å². The number of ether oxygens (including phenoxy) is 1. The van der Waals surface area contributed by atoms with Gasteiger partial charge in [-0.25, -0.2) is 4.79 Å². The van der Waals surface area contributed by atoms with Gasteiger partial charge in [0.1, 0.15) is 17.9 Å². The summed E-state index contributed by atoms with van der Waals surface area (Å²) in [7, 11) is 0. The van der Waals surface area contributed by atoms with Crippen LogP contribution >= 0.6 is 0 Å². The third-order valence-electron chi connectivity index (χ3n) is 4.13. The predicted molar refractivity (Wildman–Crippen MR) is 89.4 cm³/mol. The maximum absolute atomic E-state index is 12.5. The molecular weight excluding hydrogens is 306 g/mol. The summed E-state index contributed by atoms with van der Waals surface area (Å²) in [5.74, 6) is 0.875. The topological polar surface area (TPSA) is 82.4 Å². The van der Waals surface area contributed by atoms with Gasteiger partial charge in [-0.1, -0.05) is 13.8 Å². The SMILES string of the molecule is CC(C)CC[C@]1(C)NC(=O)N(CCOc2ccc(C#N)cc2)C1=O. The van der Waals surface area contributed by atoms with E-state index < -0.39 is 5.54 Å². The molecule has 0 aliphatic carbocycles. The summed E-state index contributed by atoms with van der Waals surface area (Å²) in [6, 6.07) is 8.37. The number of benzene rings is 1. The first-order valence-corrected chi connectivity index (χ1v) is 8.13. The molecular formula is C18H23N3O3. The zero-order valence-electron chi connectivity index (χ0n) is 14.3. The molecule has 128 valence electrons. The van der Waals surface area contributed by atoms with Crippen molar-refractivity contribution in [1.82, 2.24) is 10.2 Å². The second-order valence-corrected chi connectivity index (χ2v) is 6.64. The van der Waals surface area contributed by atoms with E-state index in [2.05, 4.69) is 19.2 Å². The molecule has 0 unspecified atom stereocenters. The summed E-state index contributed by atoms with van der Waals surface area (Å²) >= 11 is 0. The summed E-state index contributed by atoms with van der Waals surface area (Å²) in [5, 5.41) is 11.5. The van der Waals surface area contributed by atoms with Crippen molar-refractivity contribution in [2.75, 3.05) is 13.2 Å². The van der Waals surface area contributed by atoms with Crippen LogP contribution in [0.25, 0.3) is 0 Å². The first-order valence-electron chi connectivity index (χ1n) is 8.13. The van der Waals surface area contributed by atoms with Gasteiger partial charge in [0.15, 0.2) is 0 Å². The third kappa shape index (κ3) is 4.05. The van der Waals surface area contributed by atoms with Crippen LogP contribution in [0.2, 0.25) is 0 Å². The molecule has 6 heteroatoms. The Morgan fingerprint density at radius 2 is 1.96 bits per heavy atom. The largest absolute Gasteiger partial charge is 0.492 e. The molecule has 0 radical (unpaired) electrons. The van der Waals surface area contributed by atoms with E-state index >= 15 is 0 Å². The van der Waals surface area contributed by atoms with Gasteiger partial charge in [-0.3, -0.25) is 9.69 Å². The van der Waals surface area contributed by atoms with Crippen molar-refractivity contribution >= 4 is 11.9 Å². The number of imide groups is 1. The maximum atomic E-state index is 12.5. The van der Waals surface area contributed by atoms with Crippen LogP contribution in [-0.2, 0) is 4.79 Å². The van der Waals surface area contributed by atoms with Crippen LogP contribution in [0.15, 0.2) is 24.3 Å². The number of carbonyl (C=O) groups is 2. The highest BCUT2D eigenvalue weighted by atomic mass is 16.5. The Kier molecular flexibility index (Phi) is 5.45. The Morgan fingerprint density at radius 3 is 2.54 bits per heavy atom. The van der Waals surface area contributed by atoms with Crippen molar-refractivity contribution in [2.24, 2.45) is 5.92 Å². The molecule has 1 aliphatic heterocycles. The lowest BCUT2D eigenvalue weighted by Gasteiger charge is -2.22. The zero-order chi connectivity index (χ0) is 17.7. The highest BCUT2D eigenvalue weighted by Gasteiger charge is 2.47. The van der Waals surface area contributed by atoms with Crippen molar-refractivity contribution in [3.05, 3.63) is 29.8 Å². The number of hydrogen-bond acceptors (Lipinski definition) is 4. The highest BCUT2D eigenvalue weighted by Crippen LogP contribution is 2.24. The standard InChI is InChI=1S/C18H23N3O3/c1-13(2)8-9-18(3)16(22)21(17(23)20-18)10-11-24-15-6-4-14(12-19)5-7-15/h4-7,13H,8-11H2,1-3H3,(H,20,23)/t18-/m0/s1. The molecule has 2 rings (SSSR count). The van der Waals surface area contributed by atoms with Crippen molar-refractivity contribution in [3.63, 3.8) is 0 Å². The van der Waals surface area contributed by atoms with E-state index in [0.29, 0.717) is 23.7 Å². The zero-order valence-corrected chi connectivity index (χ0v) is 14.3. The normalized spacial score (nSPS) is 20.2. The van der Waals surface area contributed by atoms with E-state index in [1.807, 2.05) is 6.07 Å². The molecule has 1 atom stereocenters. The molecule has 1 aromatic rings. The first kappa shape index (κ1) is 17.8. The van der Waals surface area contributed by atoms with E-state index in [4.69, 9.17) is 10.00 Å². The lowest BCUT2D eigenvalue weighted by Crippen LogP contribution is -2.44. The molecule has 0 bridgehead atoms. The third-order valence-corrected chi connectivity index (χ3v) is 4.13. The Balaban J connectivity index is 1.89. The quantitative estimate of drug-likeness (QED) is 0.780. The fraction of sp³-hybridized carbons (Fsp3) is 0.500. The van der Waals surface area contributed by atoms with Gasteiger partial charge in [-0.05, 0) is 49.9 Å². The highest BCUT2D eigenvalue weighted by molar-refractivity contribution is 6.06. The maximum Gasteiger partial charge on any atom is 0.325 e. The summed E-state index contributed by atoms with van der Waals surface area (Å²) in [5.41, 5.74) is -0.270. The van der Waals surface area contributed by atoms with E-state index in [0.717, 1.165) is 6.42 Å². The van der Waals surface area contributed by atoms with Crippen LogP contribution < -0.4 is 10.1 Å².